The normalized spacial score (nSPS) is 14.9. The van der Waals surface area contributed by atoms with Crippen molar-refractivity contribution in [1.82, 2.24) is 24.6 Å². The van der Waals surface area contributed by atoms with E-state index in [2.05, 4.69) is 27.0 Å². The second kappa shape index (κ2) is 8.61. The number of carbonyl (C=O) groups excluding carboxylic acids is 1. The van der Waals surface area contributed by atoms with Crippen molar-refractivity contribution < 1.29 is 4.79 Å². The van der Waals surface area contributed by atoms with Crippen molar-refractivity contribution in [2.24, 2.45) is 0 Å². The topological polar surface area (TPSA) is 75.9 Å². The highest BCUT2D eigenvalue weighted by Crippen LogP contribution is 2.25. The SMILES string of the molecule is C=CCCC(=O)N1CCC(n2cc(Nc3ncc4c(Cl)cccc4n3)cn2)CC1. The number of rotatable bonds is 6. The fourth-order valence-corrected chi connectivity index (χ4v) is 3.79. The number of nitrogens with one attached hydrogen (secondary N) is 1. The van der Waals surface area contributed by atoms with Gasteiger partial charge in [0.15, 0.2) is 0 Å². The monoisotopic (exact) mass is 410 g/mol. The average molecular weight is 411 g/mol. The molecule has 29 heavy (non-hydrogen) atoms. The van der Waals surface area contributed by atoms with Crippen molar-refractivity contribution in [3.8, 4) is 0 Å². The molecule has 2 aromatic heterocycles. The molecular weight excluding hydrogens is 388 g/mol. The van der Waals surface area contributed by atoms with Gasteiger partial charge in [0.25, 0.3) is 0 Å². The van der Waals surface area contributed by atoms with Gasteiger partial charge in [0.1, 0.15) is 0 Å². The number of hydrogen-bond donors (Lipinski definition) is 1. The van der Waals surface area contributed by atoms with Gasteiger partial charge >= 0.3 is 0 Å². The van der Waals surface area contributed by atoms with Gasteiger partial charge in [-0.15, -0.1) is 6.58 Å². The van der Waals surface area contributed by atoms with E-state index in [1.54, 1.807) is 18.5 Å². The molecule has 7 nitrogen and oxygen atoms in total. The molecule has 0 aliphatic carbocycles. The maximum atomic E-state index is 12.1. The Kier molecular flexibility index (Phi) is 5.76. The maximum absolute atomic E-state index is 12.1. The van der Waals surface area contributed by atoms with Crippen molar-refractivity contribution in [2.45, 2.75) is 31.7 Å². The highest BCUT2D eigenvalue weighted by Gasteiger charge is 2.24. The third-order valence-corrected chi connectivity index (χ3v) is 5.51. The fraction of sp³-hybridized carbons (Fsp3) is 0.333. The molecule has 1 fully saturated rings. The highest BCUT2D eigenvalue weighted by molar-refractivity contribution is 6.35. The number of allylic oxidation sites excluding steroid dienone is 1. The lowest BCUT2D eigenvalue weighted by atomic mass is 10.0. The number of piperidine rings is 1. The first kappa shape index (κ1) is 19.4. The van der Waals surface area contributed by atoms with Crippen LogP contribution in [0.25, 0.3) is 10.9 Å². The standard InChI is InChI=1S/C21H23ClN6O/c1-2-3-7-20(29)27-10-8-16(9-11-27)28-14-15(12-24-28)25-21-23-13-17-18(22)5-4-6-19(17)26-21/h2,4-6,12-14,16H,1,3,7-11H2,(H,23,25,26). The van der Waals surface area contributed by atoms with Crippen LogP contribution in [0.5, 0.6) is 0 Å². The van der Waals surface area contributed by atoms with Crippen LogP contribution < -0.4 is 5.32 Å². The summed E-state index contributed by atoms with van der Waals surface area (Å²) in [6.45, 7) is 5.20. The molecule has 0 radical (unpaired) electrons. The number of aromatic nitrogens is 4. The number of halogens is 1. The summed E-state index contributed by atoms with van der Waals surface area (Å²) in [5, 5.41) is 9.15. The number of carbonyl (C=O) groups is 1. The Morgan fingerprint density at radius 2 is 2.14 bits per heavy atom. The van der Waals surface area contributed by atoms with Crippen LogP contribution in [0.4, 0.5) is 11.6 Å². The Bertz CT molecular complexity index is 1020. The largest absolute Gasteiger partial charge is 0.343 e. The molecule has 1 saturated heterocycles. The summed E-state index contributed by atoms with van der Waals surface area (Å²) in [4.78, 5) is 22.9. The molecule has 4 rings (SSSR count). The van der Waals surface area contributed by atoms with Gasteiger partial charge in [-0.25, -0.2) is 9.97 Å². The molecule has 0 spiro atoms. The van der Waals surface area contributed by atoms with Crippen LogP contribution in [0.3, 0.4) is 0 Å². The molecule has 8 heteroatoms. The van der Waals surface area contributed by atoms with Gasteiger partial charge in [0.05, 0.1) is 28.5 Å². The Balaban J connectivity index is 1.38. The summed E-state index contributed by atoms with van der Waals surface area (Å²) in [5.74, 6) is 0.710. The van der Waals surface area contributed by atoms with Crippen molar-refractivity contribution in [3.05, 3.63) is 54.5 Å². The molecule has 0 saturated carbocycles. The Labute approximate surface area is 174 Å². The van der Waals surface area contributed by atoms with Crippen LogP contribution in [0.2, 0.25) is 5.02 Å². The van der Waals surface area contributed by atoms with Crippen LogP contribution >= 0.6 is 11.6 Å². The summed E-state index contributed by atoms with van der Waals surface area (Å²) in [7, 11) is 0. The molecule has 0 bridgehead atoms. The van der Waals surface area contributed by atoms with Gasteiger partial charge in [-0.3, -0.25) is 9.48 Å². The number of anilines is 2. The number of hydrogen-bond acceptors (Lipinski definition) is 5. The molecule has 150 valence electrons. The van der Waals surface area contributed by atoms with Gasteiger partial charge in [-0.2, -0.15) is 5.10 Å². The predicted octanol–water partition coefficient (Wildman–Crippen LogP) is 4.35. The van der Waals surface area contributed by atoms with E-state index in [1.165, 1.54) is 0 Å². The van der Waals surface area contributed by atoms with E-state index in [4.69, 9.17) is 11.6 Å². The molecule has 0 unspecified atom stereocenters. The third-order valence-electron chi connectivity index (χ3n) is 5.18. The zero-order chi connectivity index (χ0) is 20.2. The second-order valence-electron chi connectivity index (χ2n) is 7.14. The number of nitrogens with zero attached hydrogens (tertiary/aromatic N) is 5. The molecule has 1 aliphatic rings. The van der Waals surface area contributed by atoms with Gasteiger partial charge in [-0.05, 0) is 31.4 Å². The van der Waals surface area contributed by atoms with Crippen molar-refractivity contribution in [1.29, 1.82) is 0 Å². The van der Waals surface area contributed by atoms with E-state index < -0.39 is 0 Å². The molecule has 1 aromatic carbocycles. The smallest absolute Gasteiger partial charge is 0.227 e. The van der Waals surface area contributed by atoms with Gasteiger partial charge in [0, 0.05) is 37.3 Å². The Morgan fingerprint density at radius 3 is 2.93 bits per heavy atom. The molecule has 3 aromatic rings. The fourth-order valence-electron chi connectivity index (χ4n) is 3.57. The number of benzene rings is 1. The van der Waals surface area contributed by atoms with E-state index in [0.717, 1.165) is 48.9 Å². The molecular formula is C21H23ClN6O. The third kappa shape index (κ3) is 4.40. The number of fused-ring (bicyclic) bond motifs is 1. The molecule has 3 heterocycles. The van der Waals surface area contributed by atoms with Gasteiger partial charge in [-0.1, -0.05) is 23.7 Å². The number of amides is 1. The zero-order valence-corrected chi connectivity index (χ0v) is 16.8. The van der Waals surface area contributed by atoms with Crippen LogP contribution in [-0.4, -0.2) is 43.6 Å². The first-order chi connectivity index (χ1) is 14.1. The van der Waals surface area contributed by atoms with Gasteiger partial charge in [0.2, 0.25) is 11.9 Å². The van der Waals surface area contributed by atoms with Crippen molar-refractivity contribution in [3.63, 3.8) is 0 Å². The first-order valence-electron chi connectivity index (χ1n) is 9.75. The lowest BCUT2D eigenvalue weighted by Gasteiger charge is -2.32. The lowest BCUT2D eigenvalue weighted by molar-refractivity contribution is -0.132. The van der Waals surface area contributed by atoms with E-state index >= 15 is 0 Å². The van der Waals surface area contributed by atoms with E-state index in [0.29, 0.717) is 17.4 Å². The maximum Gasteiger partial charge on any atom is 0.227 e. The molecule has 1 amide bonds. The van der Waals surface area contributed by atoms with E-state index in [1.807, 2.05) is 34.0 Å². The number of likely N-dealkylation sites (tertiary alicyclic amines) is 1. The van der Waals surface area contributed by atoms with Crippen LogP contribution in [0.15, 0.2) is 49.4 Å². The minimum atomic E-state index is 0.208. The summed E-state index contributed by atoms with van der Waals surface area (Å²) in [5.41, 5.74) is 1.62. The predicted molar refractivity (Wildman–Crippen MR) is 114 cm³/mol. The summed E-state index contributed by atoms with van der Waals surface area (Å²) < 4.78 is 1.96. The highest BCUT2D eigenvalue weighted by atomic mass is 35.5. The van der Waals surface area contributed by atoms with Crippen molar-refractivity contribution in [2.75, 3.05) is 18.4 Å². The van der Waals surface area contributed by atoms with E-state index in [9.17, 15) is 4.79 Å². The van der Waals surface area contributed by atoms with Crippen LogP contribution in [-0.2, 0) is 4.79 Å². The van der Waals surface area contributed by atoms with Crippen LogP contribution in [0.1, 0.15) is 31.7 Å². The Hall–Kier alpha value is -2.93. The minimum absolute atomic E-state index is 0.208. The Morgan fingerprint density at radius 1 is 1.31 bits per heavy atom. The first-order valence-corrected chi connectivity index (χ1v) is 10.1. The summed E-state index contributed by atoms with van der Waals surface area (Å²) in [6, 6.07) is 5.88. The molecule has 0 atom stereocenters. The second-order valence-corrected chi connectivity index (χ2v) is 7.55. The van der Waals surface area contributed by atoms with Gasteiger partial charge < -0.3 is 10.2 Å². The minimum Gasteiger partial charge on any atom is -0.343 e. The molecule has 1 N–H and O–H groups in total. The summed E-state index contributed by atoms with van der Waals surface area (Å²) >= 11 is 6.17. The quantitative estimate of drug-likeness (QED) is 0.611. The average Bonchev–Trinajstić information content (AvgIpc) is 3.20. The lowest BCUT2D eigenvalue weighted by Crippen LogP contribution is -2.39. The van der Waals surface area contributed by atoms with E-state index in [-0.39, 0.29) is 11.9 Å². The molecule has 1 aliphatic heterocycles. The van der Waals surface area contributed by atoms with Crippen LogP contribution in [0, 0.1) is 0 Å². The zero-order valence-electron chi connectivity index (χ0n) is 16.1. The van der Waals surface area contributed by atoms with Crippen molar-refractivity contribution >= 4 is 40.0 Å². The summed E-state index contributed by atoms with van der Waals surface area (Å²) in [6.07, 6.45) is 10.3.